The lowest BCUT2D eigenvalue weighted by Gasteiger charge is -2.47. The summed E-state index contributed by atoms with van der Waals surface area (Å²) in [7, 11) is 0. The van der Waals surface area contributed by atoms with Crippen LogP contribution in [-0.4, -0.2) is 95.4 Å². The number of aliphatic imine (C=N–C) groups is 1. The second kappa shape index (κ2) is 14.4. The van der Waals surface area contributed by atoms with Gasteiger partial charge in [0.2, 0.25) is 5.96 Å². The molecular weight excluding hydrogens is 581 g/mol. The first-order valence-electron chi connectivity index (χ1n) is 13.8. The normalized spacial score (nSPS) is 18.4. The van der Waals surface area contributed by atoms with Crippen LogP contribution < -0.4 is 27.0 Å². The van der Waals surface area contributed by atoms with Gasteiger partial charge in [0.25, 0.3) is 11.8 Å². The first kappa shape index (κ1) is 31.1. The number of piperidine rings is 1. The number of anilines is 2. The first-order valence-corrected chi connectivity index (χ1v) is 14.6. The quantitative estimate of drug-likeness (QED) is 0.112. The van der Waals surface area contributed by atoms with Crippen LogP contribution in [0.15, 0.2) is 29.3 Å². The molecule has 2 aliphatic heterocycles. The van der Waals surface area contributed by atoms with Gasteiger partial charge in [0.15, 0.2) is 28.7 Å². The van der Waals surface area contributed by atoms with E-state index in [1.807, 2.05) is 4.90 Å². The number of piperazine rings is 1. The van der Waals surface area contributed by atoms with Crippen molar-refractivity contribution >= 4 is 52.6 Å². The fourth-order valence-corrected chi connectivity index (χ4v) is 5.77. The smallest absolute Gasteiger partial charge is 0.273 e. The number of likely N-dealkylation sites (tertiary alicyclic amines) is 1. The Hall–Kier alpha value is -3.86. The molecule has 0 unspecified atom stereocenters. The van der Waals surface area contributed by atoms with E-state index in [4.69, 9.17) is 39.9 Å². The molecule has 0 radical (unpaired) electrons. The van der Waals surface area contributed by atoms with E-state index in [1.165, 1.54) is 0 Å². The van der Waals surface area contributed by atoms with Crippen molar-refractivity contribution in [3.63, 3.8) is 0 Å². The van der Waals surface area contributed by atoms with Gasteiger partial charge < -0.3 is 26.6 Å². The molecular formula is C27H35Cl2N11O2. The van der Waals surface area contributed by atoms with Crippen LogP contribution in [0.1, 0.15) is 47.0 Å². The highest BCUT2D eigenvalue weighted by molar-refractivity contribution is 6.32. The van der Waals surface area contributed by atoms with Crippen molar-refractivity contribution in [2.75, 3.05) is 56.4 Å². The van der Waals surface area contributed by atoms with Crippen LogP contribution in [0.5, 0.6) is 0 Å². The van der Waals surface area contributed by atoms with Crippen molar-refractivity contribution in [1.82, 2.24) is 30.4 Å². The fraction of sp³-hybridized carbons (Fsp3) is 0.481. The molecule has 0 spiro atoms. The minimum Gasteiger partial charge on any atom is -0.382 e. The number of hydrogen-bond donors (Lipinski definition) is 4. The maximum absolute atomic E-state index is 12.9. The predicted octanol–water partition coefficient (Wildman–Crippen LogP) is 1.69. The van der Waals surface area contributed by atoms with Crippen molar-refractivity contribution < 1.29 is 9.59 Å². The van der Waals surface area contributed by atoms with Crippen LogP contribution in [-0.2, 0) is 0 Å². The molecule has 2 aliphatic rings. The number of aromatic nitrogens is 2. The summed E-state index contributed by atoms with van der Waals surface area (Å²) in [6.45, 7) is 6.05. The van der Waals surface area contributed by atoms with Crippen LogP contribution in [0, 0.1) is 11.5 Å². The lowest BCUT2D eigenvalue weighted by atomic mass is 9.97. The first-order chi connectivity index (χ1) is 20.2. The average Bonchev–Trinajstić information content (AvgIpc) is 3.00. The van der Waals surface area contributed by atoms with Crippen molar-refractivity contribution in [1.29, 1.82) is 5.26 Å². The summed E-state index contributed by atoms with van der Waals surface area (Å²) < 4.78 is 0. The van der Waals surface area contributed by atoms with Crippen molar-refractivity contribution in [2.24, 2.45) is 10.7 Å². The maximum Gasteiger partial charge on any atom is 0.273 e. The molecule has 2 saturated heterocycles. The Balaban J connectivity index is 1.33. The van der Waals surface area contributed by atoms with Gasteiger partial charge in [-0.15, -0.1) is 0 Å². The Morgan fingerprint density at radius 3 is 2.52 bits per heavy atom. The molecule has 0 aliphatic carbocycles. The van der Waals surface area contributed by atoms with Gasteiger partial charge in [0, 0.05) is 61.9 Å². The fourth-order valence-electron chi connectivity index (χ4n) is 5.39. The summed E-state index contributed by atoms with van der Waals surface area (Å²) >= 11 is 12.5. The van der Waals surface area contributed by atoms with Crippen LogP contribution in [0.25, 0.3) is 0 Å². The number of carbonyl (C=O) groups is 2. The molecule has 13 nitrogen and oxygen atoms in total. The van der Waals surface area contributed by atoms with Gasteiger partial charge in [-0.2, -0.15) is 5.26 Å². The third-order valence-corrected chi connectivity index (χ3v) is 8.06. The van der Waals surface area contributed by atoms with Crippen molar-refractivity contribution in [2.45, 2.75) is 38.3 Å². The summed E-state index contributed by atoms with van der Waals surface area (Å²) in [5, 5.41) is 14.1. The number of hydrogen-bond acceptors (Lipinski definition) is 9. The van der Waals surface area contributed by atoms with E-state index in [9.17, 15) is 9.59 Å². The van der Waals surface area contributed by atoms with E-state index < -0.39 is 5.91 Å². The van der Waals surface area contributed by atoms with Crippen molar-refractivity contribution in [3.05, 3.63) is 45.7 Å². The zero-order valence-electron chi connectivity index (χ0n) is 23.4. The third-order valence-electron chi connectivity index (χ3n) is 7.55. The maximum atomic E-state index is 12.9. The average molecular weight is 617 g/mol. The molecule has 42 heavy (non-hydrogen) atoms. The zero-order valence-corrected chi connectivity index (χ0v) is 24.9. The molecule has 15 heteroatoms. The Labute approximate surface area is 254 Å². The Morgan fingerprint density at radius 2 is 1.86 bits per heavy atom. The molecule has 1 aromatic heterocycles. The number of nitriles is 1. The van der Waals surface area contributed by atoms with Crippen LogP contribution in [0.3, 0.4) is 0 Å². The van der Waals surface area contributed by atoms with E-state index in [-0.39, 0.29) is 47.7 Å². The number of rotatable bonds is 8. The largest absolute Gasteiger partial charge is 0.382 e. The Kier molecular flexibility index (Phi) is 10.6. The second-order valence-corrected chi connectivity index (χ2v) is 10.9. The zero-order chi connectivity index (χ0) is 30.2. The van der Waals surface area contributed by atoms with E-state index >= 15 is 0 Å². The van der Waals surface area contributed by atoms with Gasteiger partial charge in [-0.3, -0.25) is 24.8 Å². The minimum absolute atomic E-state index is 0.0192. The van der Waals surface area contributed by atoms with Gasteiger partial charge in [0.05, 0.1) is 6.54 Å². The standard InChI is InChI=1S/C27H35Cl2N11O2/c1-2-19-15-39(24-22(29)36-21(23(31)37-24)25(41)33-9-10-34-27(32)35-16-30)13-14-40(19)20-7-11-38(12-8-20)26(42)17-3-5-18(28)6-4-17/h3-6,19-20H,2,7-15H2,1H3,(H2,31,37)(H,33,41)(H3,32,34,35)/t19-/m0/s1. The molecule has 2 fully saturated rings. The molecule has 1 atom stereocenters. The lowest BCUT2D eigenvalue weighted by molar-refractivity contribution is 0.0490. The molecule has 6 N–H and O–H groups in total. The highest BCUT2D eigenvalue weighted by atomic mass is 35.5. The molecule has 3 heterocycles. The molecule has 0 saturated carbocycles. The van der Waals surface area contributed by atoms with Gasteiger partial charge >= 0.3 is 0 Å². The molecule has 2 amide bonds. The number of amides is 2. The third kappa shape index (κ3) is 7.50. The number of carbonyl (C=O) groups excluding carboxylic acids is 2. The monoisotopic (exact) mass is 615 g/mol. The molecule has 224 valence electrons. The highest BCUT2D eigenvalue weighted by Gasteiger charge is 2.35. The van der Waals surface area contributed by atoms with Gasteiger partial charge in [0.1, 0.15) is 0 Å². The van der Waals surface area contributed by atoms with E-state index in [0.29, 0.717) is 48.6 Å². The summed E-state index contributed by atoms with van der Waals surface area (Å²) in [6.07, 6.45) is 4.39. The summed E-state index contributed by atoms with van der Waals surface area (Å²) in [6, 6.07) is 7.66. The summed E-state index contributed by atoms with van der Waals surface area (Å²) in [5.41, 5.74) is 12.2. The minimum atomic E-state index is -0.535. The number of nitrogens with one attached hydrogen (secondary N) is 2. The molecule has 0 bridgehead atoms. The number of guanidine groups is 1. The summed E-state index contributed by atoms with van der Waals surface area (Å²) in [5.74, 6) is -0.108. The van der Waals surface area contributed by atoms with Crippen molar-refractivity contribution in [3.8, 4) is 6.19 Å². The number of nitrogens with two attached hydrogens (primary N) is 2. The number of nitrogens with zero attached hydrogens (tertiary/aromatic N) is 7. The van der Waals surface area contributed by atoms with Gasteiger partial charge in [-0.05, 0) is 43.5 Å². The number of halogens is 2. The van der Waals surface area contributed by atoms with E-state index in [0.717, 1.165) is 25.8 Å². The second-order valence-electron chi connectivity index (χ2n) is 10.1. The lowest BCUT2D eigenvalue weighted by Crippen LogP contribution is -2.58. The Morgan fingerprint density at radius 1 is 1.14 bits per heavy atom. The van der Waals surface area contributed by atoms with Crippen LogP contribution >= 0.6 is 23.2 Å². The van der Waals surface area contributed by atoms with Gasteiger partial charge in [-0.25, -0.2) is 9.97 Å². The van der Waals surface area contributed by atoms with E-state index in [2.05, 4.69) is 42.3 Å². The van der Waals surface area contributed by atoms with Crippen LogP contribution in [0.4, 0.5) is 11.6 Å². The SMILES string of the molecule is CC[C@H]1CN(c2nc(N)c(C(=O)NCCN=C(N)NC#N)nc2Cl)CCN1C1CCN(C(=O)c2ccc(Cl)cc2)CC1. The predicted molar refractivity (Wildman–Crippen MR) is 162 cm³/mol. The highest BCUT2D eigenvalue weighted by Crippen LogP contribution is 2.30. The van der Waals surface area contributed by atoms with Crippen LogP contribution in [0.2, 0.25) is 10.2 Å². The van der Waals surface area contributed by atoms with Gasteiger partial charge in [-0.1, -0.05) is 30.1 Å². The van der Waals surface area contributed by atoms with E-state index in [1.54, 1.807) is 30.5 Å². The molecule has 4 rings (SSSR count). The summed E-state index contributed by atoms with van der Waals surface area (Å²) in [4.78, 5) is 44.7. The topological polar surface area (TPSA) is 182 Å². The molecule has 2 aromatic rings. The number of nitrogen functional groups attached to an aromatic ring is 1. The number of benzene rings is 1. The Bertz CT molecular complexity index is 1340. The molecule has 1 aromatic carbocycles.